The number of aromatic nitrogens is 2. The molecule has 2 unspecified atom stereocenters. The second kappa shape index (κ2) is 6.83. The second-order valence-electron chi connectivity index (χ2n) is 6.06. The van der Waals surface area contributed by atoms with Gasteiger partial charge >= 0.3 is 0 Å². The molecule has 2 rings (SSSR count). The van der Waals surface area contributed by atoms with Gasteiger partial charge in [-0.15, -0.1) is 0 Å². The van der Waals surface area contributed by atoms with Gasteiger partial charge in [-0.05, 0) is 37.2 Å². The van der Waals surface area contributed by atoms with E-state index in [4.69, 9.17) is 0 Å². The zero-order valence-corrected chi connectivity index (χ0v) is 12.5. The maximum atomic E-state index is 12.4. The molecule has 1 amide bonds. The Balaban J connectivity index is 2.06. The van der Waals surface area contributed by atoms with Crippen LogP contribution in [0.3, 0.4) is 0 Å². The molecule has 6 heteroatoms. The molecule has 1 N–H and O–H groups in total. The molecule has 1 saturated carbocycles. The fraction of sp³-hybridized carbons (Fsp3) is 0.667. The van der Waals surface area contributed by atoms with Crippen LogP contribution in [0.1, 0.15) is 43.6 Å². The molecule has 116 valence electrons. The van der Waals surface area contributed by atoms with Gasteiger partial charge in [0, 0.05) is 12.1 Å². The van der Waals surface area contributed by atoms with Crippen LogP contribution < -0.4 is 10.9 Å². The first-order chi connectivity index (χ1) is 9.99. The smallest absolute Gasteiger partial charge is 0.271 e. The van der Waals surface area contributed by atoms with Crippen molar-refractivity contribution in [3.8, 4) is 0 Å². The first-order valence-electron chi connectivity index (χ1n) is 7.44. The number of aryl methyl sites for hydroxylation is 1. The second-order valence-corrected chi connectivity index (χ2v) is 6.06. The highest BCUT2D eigenvalue weighted by Crippen LogP contribution is 2.28. The van der Waals surface area contributed by atoms with Crippen molar-refractivity contribution in [3.05, 3.63) is 28.2 Å². The lowest BCUT2D eigenvalue weighted by Crippen LogP contribution is -2.41. The quantitative estimate of drug-likeness (QED) is 0.920. The van der Waals surface area contributed by atoms with Crippen LogP contribution in [0.2, 0.25) is 0 Å². The lowest BCUT2D eigenvalue weighted by atomic mass is 9.80. The summed E-state index contributed by atoms with van der Waals surface area (Å²) in [5.74, 6) is 0.883. The van der Waals surface area contributed by atoms with Crippen LogP contribution >= 0.6 is 0 Å². The van der Waals surface area contributed by atoms with Crippen LogP contribution in [0.4, 0.5) is 4.39 Å². The molecule has 21 heavy (non-hydrogen) atoms. The van der Waals surface area contributed by atoms with E-state index in [2.05, 4.69) is 24.3 Å². The predicted molar refractivity (Wildman–Crippen MR) is 77.9 cm³/mol. The van der Waals surface area contributed by atoms with Gasteiger partial charge in [-0.2, -0.15) is 5.10 Å². The summed E-state index contributed by atoms with van der Waals surface area (Å²) < 4.78 is 13.3. The molecule has 1 heterocycles. The van der Waals surface area contributed by atoms with Crippen molar-refractivity contribution in [1.82, 2.24) is 15.1 Å². The Bertz CT molecular complexity index is 548. The number of rotatable bonds is 4. The zero-order chi connectivity index (χ0) is 15.4. The van der Waals surface area contributed by atoms with Gasteiger partial charge in [-0.25, -0.2) is 9.07 Å². The van der Waals surface area contributed by atoms with Gasteiger partial charge in [0.2, 0.25) is 0 Å². The largest absolute Gasteiger partial charge is 0.348 e. The summed E-state index contributed by atoms with van der Waals surface area (Å²) in [4.78, 5) is 23.7. The topological polar surface area (TPSA) is 64.0 Å². The van der Waals surface area contributed by atoms with Crippen molar-refractivity contribution < 1.29 is 9.18 Å². The van der Waals surface area contributed by atoms with E-state index in [1.54, 1.807) is 0 Å². The summed E-state index contributed by atoms with van der Waals surface area (Å²) in [6.45, 7) is 3.57. The fourth-order valence-electron chi connectivity index (χ4n) is 3.13. The number of amides is 1. The standard InChI is InChI=1S/C15H22FN3O2/c1-10-7-11(2)9-12(8-10)17-15(21)13-3-4-14(20)19(18-13)6-5-16/h3-4,10-12H,5-9H2,1-2H3,(H,17,21). The molecule has 0 saturated heterocycles. The number of nitrogens with zero attached hydrogens (tertiary/aromatic N) is 2. The maximum absolute atomic E-state index is 12.4. The van der Waals surface area contributed by atoms with Crippen molar-refractivity contribution in [2.45, 2.75) is 45.7 Å². The van der Waals surface area contributed by atoms with Crippen LogP contribution in [0.15, 0.2) is 16.9 Å². The Morgan fingerprint density at radius 3 is 2.62 bits per heavy atom. The molecular formula is C15H22FN3O2. The predicted octanol–water partition coefficient (Wildman–Crippen LogP) is 1.77. The van der Waals surface area contributed by atoms with E-state index in [1.807, 2.05) is 0 Å². The summed E-state index contributed by atoms with van der Waals surface area (Å²) in [6.07, 6.45) is 3.10. The van der Waals surface area contributed by atoms with Crippen LogP contribution in [-0.4, -0.2) is 28.4 Å². The molecule has 1 aromatic rings. The van der Waals surface area contributed by atoms with E-state index in [-0.39, 0.29) is 24.2 Å². The van der Waals surface area contributed by atoms with Gasteiger partial charge in [0.1, 0.15) is 12.4 Å². The summed E-state index contributed by atoms with van der Waals surface area (Å²) in [5.41, 5.74) is -0.238. The average Bonchev–Trinajstić information content (AvgIpc) is 2.40. The Hall–Kier alpha value is -1.72. The minimum Gasteiger partial charge on any atom is -0.348 e. The molecule has 1 fully saturated rings. The zero-order valence-electron chi connectivity index (χ0n) is 12.5. The molecule has 0 spiro atoms. The molecule has 1 aliphatic rings. The van der Waals surface area contributed by atoms with Crippen molar-refractivity contribution in [1.29, 1.82) is 0 Å². The Labute approximate surface area is 123 Å². The molecular weight excluding hydrogens is 273 g/mol. The van der Waals surface area contributed by atoms with E-state index in [0.717, 1.165) is 17.5 Å². The van der Waals surface area contributed by atoms with Crippen molar-refractivity contribution >= 4 is 5.91 Å². The van der Waals surface area contributed by atoms with Gasteiger partial charge in [-0.3, -0.25) is 9.59 Å². The number of carbonyl (C=O) groups is 1. The van der Waals surface area contributed by atoms with Gasteiger partial charge in [0.25, 0.3) is 11.5 Å². The lowest BCUT2D eigenvalue weighted by Gasteiger charge is -2.31. The lowest BCUT2D eigenvalue weighted by molar-refractivity contribution is 0.0903. The van der Waals surface area contributed by atoms with Crippen LogP contribution in [0, 0.1) is 11.8 Å². The van der Waals surface area contributed by atoms with E-state index in [9.17, 15) is 14.0 Å². The molecule has 0 aliphatic heterocycles. The van der Waals surface area contributed by atoms with E-state index >= 15 is 0 Å². The highest BCUT2D eigenvalue weighted by atomic mass is 19.1. The summed E-state index contributed by atoms with van der Waals surface area (Å²) in [7, 11) is 0. The third kappa shape index (κ3) is 4.12. The van der Waals surface area contributed by atoms with Crippen LogP contribution in [0.25, 0.3) is 0 Å². The fourth-order valence-corrected chi connectivity index (χ4v) is 3.13. The van der Waals surface area contributed by atoms with E-state index in [0.29, 0.717) is 11.8 Å². The molecule has 0 aromatic carbocycles. The van der Waals surface area contributed by atoms with Gasteiger partial charge in [0.05, 0.1) is 6.54 Å². The number of hydrogen-bond acceptors (Lipinski definition) is 3. The molecule has 0 radical (unpaired) electrons. The molecule has 1 aliphatic carbocycles. The van der Waals surface area contributed by atoms with Gasteiger partial charge in [-0.1, -0.05) is 13.8 Å². The summed E-state index contributed by atoms with van der Waals surface area (Å²) >= 11 is 0. The minimum absolute atomic E-state index is 0.128. The van der Waals surface area contributed by atoms with Crippen molar-refractivity contribution in [2.75, 3.05) is 6.67 Å². The molecule has 1 aromatic heterocycles. The number of alkyl halides is 1. The highest BCUT2D eigenvalue weighted by molar-refractivity contribution is 5.92. The third-order valence-corrected chi connectivity index (χ3v) is 3.91. The average molecular weight is 295 g/mol. The van der Waals surface area contributed by atoms with Crippen molar-refractivity contribution in [2.24, 2.45) is 11.8 Å². The first-order valence-corrected chi connectivity index (χ1v) is 7.44. The number of hydrogen-bond donors (Lipinski definition) is 1. The van der Waals surface area contributed by atoms with E-state index < -0.39 is 12.2 Å². The van der Waals surface area contributed by atoms with Gasteiger partial charge < -0.3 is 5.32 Å². The number of nitrogens with one attached hydrogen (secondary N) is 1. The molecule has 2 atom stereocenters. The SMILES string of the molecule is CC1CC(C)CC(NC(=O)c2ccc(=O)n(CCF)n2)C1. The number of halogens is 1. The Morgan fingerprint density at radius 2 is 2.00 bits per heavy atom. The Morgan fingerprint density at radius 1 is 1.33 bits per heavy atom. The van der Waals surface area contributed by atoms with Crippen LogP contribution in [-0.2, 0) is 6.54 Å². The first kappa shape index (κ1) is 15.7. The number of carbonyl (C=O) groups excluding carboxylic acids is 1. The normalized spacial score (nSPS) is 25.6. The summed E-state index contributed by atoms with van der Waals surface area (Å²) in [5, 5.41) is 6.89. The molecule has 0 bridgehead atoms. The van der Waals surface area contributed by atoms with Crippen LogP contribution in [0.5, 0.6) is 0 Å². The monoisotopic (exact) mass is 295 g/mol. The maximum Gasteiger partial charge on any atom is 0.271 e. The minimum atomic E-state index is -0.685. The van der Waals surface area contributed by atoms with Crippen molar-refractivity contribution in [3.63, 3.8) is 0 Å². The van der Waals surface area contributed by atoms with E-state index in [1.165, 1.54) is 18.6 Å². The molecule has 5 nitrogen and oxygen atoms in total. The van der Waals surface area contributed by atoms with Gasteiger partial charge in [0.15, 0.2) is 0 Å². The summed E-state index contributed by atoms with van der Waals surface area (Å²) in [6, 6.07) is 2.78. The highest BCUT2D eigenvalue weighted by Gasteiger charge is 2.25. The Kier molecular flexibility index (Phi) is 5.09. The third-order valence-electron chi connectivity index (χ3n) is 3.91.